The van der Waals surface area contributed by atoms with Crippen molar-refractivity contribution in [2.75, 3.05) is 30.8 Å². The van der Waals surface area contributed by atoms with Crippen LogP contribution in [0.2, 0.25) is 0 Å². The molecular weight excluding hydrogens is 286 g/mol. The molecule has 2 aromatic heterocycles. The maximum absolute atomic E-state index is 12.0. The molecule has 0 spiro atoms. The fraction of sp³-hybridized carbons (Fsp3) is 0.500. The summed E-state index contributed by atoms with van der Waals surface area (Å²) >= 11 is 1.58. The van der Waals surface area contributed by atoms with Crippen molar-refractivity contribution in [3.8, 4) is 0 Å². The molecule has 2 aromatic rings. The molecule has 1 amide bonds. The molecular formula is C14H19N5OS. The number of hydrogen-bond donors (Lipinski definition) is 2. The lowest BCUT2D eigenvalue weighted by molar-refractivity contribution is -0.127. The Balaban J connectivity index is 1.89. The minimum Gasteiger partial charge on any atom is -0.358 e. The van der Waals surface area contributed by atoms with Crippen LogP contribution in [-0.2, 0) is 4.79 Å². The summed E-state index contributed by atoms with van der Waals surface area (Å²) in [5.41, 5.74) is 0. The number of fused-ring (bicyclic) bond motifs is 1. The highest BCUT2D eigenvalue weighted by molar-refractivity contribution is 7.16. The number of likely N-dealkylation sites (N-methyl/N-ethyl adjacent to an activating group) is 1. The van der Waals surface area contributed by atoms with Gasteiger partial charge in [0.15, 0.2) is 0 Å². The zero-order chi connectivity index (χ0) is 14.8. The first-order chi connectivity index (χ1) is 10.2. The third-order valence-corrected chi connectivity index (χ3v) is 4.40. The normalized spacial score (nSPS) is 18.5. The van der Waals surface area contributed by atoms with Crippen molar-refractivity contribution in [3.05, 3.63) is 11.4 Å². The van der Waals surface area contributed by atoms with E-state index in [1.807, 2.05) is 18.5 Å². The van der Waals surface area contributed by atoms with Crippen molar-refractivity contribution in [1.29, 1.82) is 0 Å². The average Bonchev–Trinajstić information content (AvgIpc) is 3.07. The van der Waals surface area contributed by atoms with Gasteiger partial charge in [-0.25, -0.2) is 4.98 Å². The zero-order valence-corrected chi connectivity index (χ0v) is 13.0. The molecule has 3 heterocycles. The fourth-order valence-corrected chi connectivity index (χ4v) is 3.17. The third kappa shape index (κ3) is 2.78. The number of carbonyl (C=O) groups excluding carboxylic acids is 1. The summed E-state index contributed by atoms with van der Waals surface area (Å²) in [6.07, 6.45) is 1.82. The highest BCUT2D eigenvalue weighted by atomic mass is 32.1. The van der Waals surface area contributed by atoms with Crippen LogP contribution in [0.3, 0.4) is 0 Å². The van der Waals surface area contributed by atoms with E-state index in [2.05, 4.69) is 27.5 Å². The molecule has 1 unspecified atom stereocenters. The standard InChI is InChI=1S/C14H19N5OS/c1-3-6-15-14-17-11(9-5-8-21-12(9)18-14)16-10-4-7-19(2)13(10)20/h5,8,10H,3-4,6-7H2,1-2H3,(H2,15,16,17,18). The highest BCUT2D eigenvalue weighted by Crippen LogP contribution is 2.28. The Morgan fingerprint density at radius 1 is 1.48 bits per heavy atom. The van der Waals surface area contributed by atoms with Crippen LogP contribution in [-0.4, -0.2) is 47.0 Å². The Labute approximate surface area is 127 Å². The molecule has 7 heteroatoms. The maximum atomic E-state index is 12.0. The van der Waals surface area contributed by atoms with Crippen molar-refractivity contribution >= 4 is 39.2 Å². The Morgan fingerprint density at radius 2 is 2.33 bits per heavy atom. The first-order valence-corrected chi connectivity index (χ1v) is 8.07. The monoisotopic (exact) mass is 305 g/mol. The van der Waals surface area contributed by atoms with Crippen LogP contribution >= 0.6 is 11.3 Å². The van der Waals surface area contributed by atoms with Crippen molar-refractivity contribution < 1.29 is 4.79 Å². The summed E-state index contributed by atoms with van der Waals surface area (Å²) < 4.78 is 0. The number of anilines is 2. The van der Waals surface area contributed by atoms with Crippen LogP contribution in [0.5, 0.6) is 0 Å². The second kappa shape index (κ2) is 5.85. The largest absolute Gasteiger partial charge is 0.358 e. The van der Waals surface area contributed by atoms with Gasteiger partial charge in [0.1, 0.15) is 16.7 Å². The Kier molecular flexibility index (Phi) is 3.92. The topological polar surface area (TPSA) is 70.2 Å². The van der Waals surface area contributed by atoms with Crippen molar-refractivity contribution in [3.63, 3.8) is 0 Å². The van der Waals surface area contributed by atoms with Gasteiger partial charge in [-0.2, -0.15) is 4.98 Å². The van der Waals surface area contributed by atoms with Crippen molar-refractivity contribution in [2.24, 2.45) is 0 Å². The minimum atomic E-state index is -0.188. The second-order valence-corrected chi connectivity index (χ2v) is 6.10. The van der Waals surface area contributed by atoms with E-state index in [1.54, 1.807) is 16.2 Å². The molecule has 0 bridgehead atoms. The molecule has 1 aliphatic rings. The second-order valence-electron chi connectivity index (χ2n) is 5.21. The van der Waals surface area contributed by atoms with E-state index in [0.29, 0.717) is 5.95 Å². The summed E-state index contributed by atoms with van der Waals surface area (Å²) in [7, 11) is 1.83. The number of likely N-dealkylation sites (tertiary alicyclic amines) is 1. The fourth-order valence-electron chi connectivity index (χ4n) is 2.40. The van der Waals surface area contributed by atoms with E-state index < -0.39 is 0 Å². The first-order valence-electron chi connectivity index (χ1n) is 7.19. The summed E-state index contributed by atoms with van der Waals surface area (Å²) in [4.78, 5) is 23.8. The van der Waals surface area contributed by atoms with Crippen LogP contribution in [0.25, 0.3) is 10.2 Å². The molecule has 1 fully saturated rings. The SMILES string of the molecule is CCCNc1nc(NC2CCN(C)C2=O)c2ccsc2n1. The number of thiophene rings is 1. The lowest BCUT2D eigenvalue weighted by Crippen LogP contribution is -2.31. The van der Waals surface area contributed by atoms with E-state index >= 15 is 0 Å². The molecule has 2 N–H and O–H groups in total. The summed E-state index contributed by atoms with van der Waals surface area (Å²) in [5.74, 6) is 1.49. The Bertz CT molecular complexity index is 656. The van der Waals surface area contributed by atoms with Crippen LogP contribution in [0.1, 0.15) is 19.8 Å². The molecule has 1 atom stereocenters. The quantitative estimate of drug-likeness (QED) is 0.886. The molecule has 1 saturated heterocycles. The van der Waals surface area contributed by atoms with Gasteiger partial charge in [0.2, 0.25) is 11.9 Å². The summed E-state index contributed by atoms with van der Waals surface area (Å²) in [5, 5.41) is 9.48. The number of amides is 1. The summed E-state index contributed by atoms with van der Waals surface area (Å²) in [6, 6.07) is 1.81. The molecule has 112 valence electrons. The average molecular weight is 305 g/mol. The molecule has 0 radical (unpaired) electrons. The molecule has 1 aliphatic heterocycles. The number of hydrogen-bond acceptors (Lipinski definition) is 6. The van der Waals surface area contributed by atoms with Gasteiger partial charge in [-0.3, -0.25) is 4.79 Å². The molecule has 0 aliphatic carbocycles. The van der Waals surface area contributed by atoms with Crippen LogP contribution in [0, 0.1) is 0 Å². The molecule has 3 rings (SSSR count). The van der Waals surface area contributed by atoms with E-state index in [9.17, 15) is 4.79 Å². The molecule has 21 heavy (non-hydrogen) atoms. The van der Waals surface area contributed by atoms with Crippen LogP contribution in [0.4, 0.5) is 11.8 Å². The van der Waals surface area contributed by atoms with Gasteiger partial charge < -0.3 is 15.5 Å². The van der Waals surface area contributed by atoms with Crippen LogP contribution < -0.4 is 10.6 Å². The van der Waals surface area contributed by atoms with Gasteiger partial charge in [0.05, 0.1) is 5.39 Å². The zero-order valence-electron chi connectivity index (χ0n) is 12.2. The van der Waals surface area contributed by atoms with Crippen molar-refractivity contribution in [1.82, 2.24) is 14.9 Å². The Hall–Kier alpha value is -1.89. The van der Waals surface area contributed by atoms with Crippen LogP contribution in [0.15, 0.2) is 11.4 Å². The van der Waals surface area contributed by atoms with Gasteiger partial charge in [0, 0.05) is 20.1 Å². The lowest BCUT2D eigenvalue weighted by Gasteiger charge is -2.14. The number of nitrogens with one attached hydrogen (secondary N) is 2. The first kappa shape index (κ1) is 14.1. The lowest BCUT2D eigenvalue weighted by atomic mass is 10.2. The number of aromatic nitrogens is 2. The summed E-state index contributed by atoms with van der Waals surface area (Å²) in [6.45, 7) is 3.72. The van der Waals surface area contributed by atoms with Gasteiger partial charge >= 0.3 is 0 Å². The van der Waals surface area contributed by atoms with E-state index in [1.165, 1.54) is 0 Å². The highest BCUT2D eigenvalue weighted by Gasteiger charge is 2.29. The minimum absolute atomic E-state index is 0.125. The molecule has 6 nitrogen and oxygen atoms in total. The third-order valence-electron chi connectivity index (χ3n) is 3.60. The number of rotatable bonds is 5. The molecule has 0 saturated carbocycles. The van der Waals surface area contributed by atoms with E-state index in [0.717, 1.165) is 42.0 Å². The maximum Gasteiger partial charge on any atom is 0.244 e. The van der Waals surface area contributed by atoms with Gasteiger partial charge in [-0.1, -0.05) is 6.92 Å². The predicted molar refractivity (Wildman–Crippen MR) is 85.9 cm³/mol. The smallest absolute Gasteiger partial charge is 0.244 e. The van der Waals surface area contributed by atoms with E-state index in [4.69, 9.17) is 0 Å². The molecule has 0 aromatic carbocycles. The van der Waals surface area contributed by atoms with Crippen molar-refractivity contribution in [2.45, 2.75) is 25.8 Å². The number of carbonyl (C=O) groups is 1. The van der Waals surface area contributed by atoms with Gasteiger partial charge in [0.25, 0.3) is 0 Å². The Morgan fingerprint density at radius 3 is 3.05 bits per heavy atom. The van der Waals surface area contributed by atoms with E-state index in [-0.39, 0.29) is 11.9 Å². The number of nitrogens with zero attached hydrogens (tertiary/aromatic N) is 3. The predicted octanol–water partition coefficient (Wildman–Crippen LogP) is 2.16. The van der Waals surface area contributed by atoms with Gasteiger partial charge in [-0.15, -0.1) is 11.3 Å². The van der Waals surface area contributed by atoms with Gasteiger partial charge in [-0.05, 0) is 24.3 Å².